The number of hydrogen-bond donors (Lipinski definition) is 1. The van der Waals surface area contributed by atoms with Crippen molar-refractivity contribution in [2.75, 3.05) is 0 Å². The van der Waals surface area contributed by atoms with Gasteiger partial charge in [-0.25, -0.2) is 0 Å². The highest BCUT2D eigenvalue weighted by Crippen LogP contribution is 2.35. The van der Waals surface area contributed by atoms with Gasteiger partial charge in [-0.1, -0.05) is 35.9 Å². The van der Waals surface area contributed by atoms with Crippen LogP contribution in [0.15, 0.2) is 59.4 Å². The van der Waals surface area contributed by atoms with Crippen LogP contribution in [0.2, 0.25) is 5.02 Å². The fourth-order valence-electron chi connectivity index (χ4n) is 2.65. The van der Waals surface area contributed by atoms with E-state index < -0.39 is 0 Å². The minimum atomic E-state index is -0.357. The Hall–Kier alpha value is -1.68. The third kappa shape index (κ3) is 4.23. The molecular weight excluding hydrogens is 345 g/mol. The second kappa shape index (κ2) is 7.47. The van der Waals surface area contributed by atoms with Crippen molar-refractivity contribution < 1.29 is 9.15 Å². The second-order valence-electron chi connectivity index (χ2n) is 6.45. The standard InChI is InChI=1S/C19H20ClNO2.ClH/c1-19(2,21)11-18(13-9-10-22-12-13)23-17-8-7-16(20)14-5-3-4-6-15(14)17;/h3-10,12,18H,11,21H2,1-2H3;1H. The highest BCUT2D eigenvalue weighted by atomic mass is 35.5. The summed E-state index contributed by atoms with van der Waals surface area (Å²) in [6, 6.07) is 13.6. The monoisotopic (exact) mass is 365 g/mol. The number of hydrogen-bond acceptors (Lipinski definition) is 3. The maximum Gasteiger partial charge on any atom is 0.129 e. The van der Waals surface area contributed by atoms with E-state index in [1.807, 2.05) is 56.3 Å². The normalized spacial score (nSPS) is 12.7. The molecule has 1 heterocycles. The number of nitrogens with two attached hydrogens (primary N) is 1. The molecule has 0 aliphatic heterocycles. The van der Waals surface area contributed by atoms with Gasteiger partial charge in [-0.05, 0) is 32.0 Å². The van der Waals surface area contributed by atoms with Gasteiger partial charge >= 0.3 is 0 Å². The van der Waals surface area contributed by atoms with E-state index in [0.29, 0.717) is 11.4 Å². The van der Waals surface area contributed by atoms with Crippen molar-refractivity contribution in [3.8, 4) is 5.75 Å². The summed E-state index contributed by atoms with van der Waals surface area (Å²) in [6.45, 7) is 3.98. The molecule has 0 radical (unpaired) electrons. The van der Waals surface area contributed by atoms with Crippen LogP contribution in [0.3, 0.4) is 0 Å². The number of halogens is 2. The average Bonchev–Trinajstić information content (AvgIpc) is 3.02. The molecule has 0 amide bonds. The summed E-state index contributed by atoms with van der Waals surface area (Å²) in [4.78, 5) is 0. The van der Waals surface area contributed by atoms with Gasteiger partial charge in [0.2, 0.25) is 0 Å². The molecule has 5 heteroatoms. The summed E-state index contributed by atoms with van der Waals surface area (Å²) in [5.74, 6) is 0.792. The van der Waals surface area contributed by atoms with E-state index in [2.05, 4.69) is 0 Å². The van der Waals surface area contributed by atoms with Crippen LogP contribution in [-0.2, 0) is 0 Å². The lowest BCUT2D eigenvalue weighted by Gasteiger charge is -2.26. The van der Waals surface area contributed by atoms with Gasteiger partial charge in [-0.2, -0.15) is 0 Å². The summed E-state index contributed by atoms with van der Waals surface area (Å²) in [5, 5.41) is 2.68. The van der Waals surface area contributed by atoms with Gasteiger partial charge in [0, 0.05) is 33.3 Å². The molecule has 0 spiro atoms. The molecule has 1 aromatic heterocycles. The number of furan rings is 1. The van der Waals surface area contributed by atoms with Crippen LogP contribution in [0.25, 0.3) is 10.8 Å². The molecule has 1 unspecified atom stereocenters. The van der Waals surface area contributed by atoms with Crippen LogP contribution >= 0.6 is 24.0 Å². The van der Waals surface area contributed by atoms with Crippen LogP contribution in [-0.4, -0.2) is 5.54 Å². The first-order valence-corrected chi connectivity index (χ1v) is 7.97. The Kier molecular flexibility index (Phi) is 5.81. The van der Waals surface area contributed by atoms with Crippen molar-refractivity contribution in [1.29, 1.82) is 0 Å². The molecule has 24 heavy (non-hydrogen) atoms. The van der Waals surface area contributed by atoms with Gasteiger partial charge in [-0.15, -0.1) is 12.4 Å². The molecule has 3 nitrogen and oxygen atoms in total. The molecule has 0 fully saturated rings. The third-order valence-corrected chi connectivity index (χ3v) is 4.06. The minimum Gasteiger partial charge on any atom is -0.485 e. The Balaban J connectivity index is 0.00000208. The minimum absolute atomic E-state index is 0. The first-order chi connectivity index (χ1) is 10.9. The Bertz CT molecular complexity index is 795. The van der Waals surface area contributed by atoms with Crippen LogP contribution < -0.4 is 10.5 Å². The van der Waals surface area contributed by atoms with Crippen molar-refractivity contribution in [1.82, 2.24) is 0 Å². The molecule has 0 saturated heterocycles. The molecule has 1 atom stereocenters. The fraction of sp³-hybridized carbons (Fsp3) is 0.263. The van der Waals surface area contributed by atoms with E-state index in [4.69, 9.17) is 26.5 Å². The molecule has 0 aliphatic carbocycles. The van der Waals surface area contributed by atoms with Crippen molar-refractivity contribution in [3.05, 3.63) is 65.6 Å². The van der Waals surface area contributed by atoms with Gasteiger partial charge in [0.1, 0.15) is 11.9 Å². The zero-order chi connectivity index (χ0) is 16.4. The van der Waals surface area contributed by atoms with E-state index in [1.165, 1.54) is 0 Å². The first-order valence-electron chi connectivity index (χ1n) is 7.59. The van der Waals surface area contributed by atoms with Gasteiger partial charge in [-0.3, -0.25) is 0 Å². The number of fused-ring (bicyclic) bond motifs is 1. The molecule has 0 bridgehead atoms. The summed E-state index contributed by atoms with van der Waals surface area (Å²) < 4.78 is 11.5. The predicted molar refractivity (Wildman–Crippen MR) is 101 cm³/mol. The van der Waals surface area contributed by atoms with Crippen LogP contribution in [0.1, 0.15) is 31.9 Å². The number of rotatable bonds is 5. The Morgan fingerprint density at radius 2 is 1.83 bits per heavy atom. The number of benzene rings is 2. The third-order valence-electron chi connectivity index (χ3n) is 3.73. The highest BCUT2D eigenvalue weighted by Gasteiger charge is 2.24. The van der Waals surface area contributed by atoms with E-state index in [9.17, 15) is 0 Å². The lowest BCUT2D eigenvalue weighted by Crippen LogP contribution is -2.35. The Morgan fingerprint density at radius 3 is 2.46 bits per heavy atom. The van der Waals surface area contributed by atoms with E-state index in [0.717, 1.165) is 22.1 Å². The summed E-state index contributed by atoms with van der Waals surface area (Å²) in [5.41, 5.74) is 6.82. The van der Waals surface area contributed by atoms with Crippen molar-refractivity contribution in [3.63, 3.8) is 0 Å². The maximum absolute atomic E-state index is 6.30. The summed E-state index contributed by atoms with van der Waals surface area (Å²) >= 11 is 6.28. The van der Waals surface area contributed by atoms with Gasteiger partial charge in [0.15, 0.2) is 0 Å². The van der Waals surface area contributed by atoms with Crippen LogP contribution in [0.4, 0.5) is 0 Å². The largest absolute Gasteiger partial charge is 0.485 e. The zero-order valence-electron chi connectivity index (χ0n) is 13.7. The molecule has 2 N–H and O–H groups in total. The molecular formula is C19H21Cl2NO2. The lowest BCUT2D eigenvalue weighted by molar-refractivity contribution is 0.168. The zero-order valence-corrected chi connectivity index (χ0v) is 15.2. The smallest absolute Gasteiger partial charge is 0.129 e. The van der Waals surface area contributed by atoms with E-state index >= 15 is 0 Å². The highest BCUT2D eigenvalue weighted by molar-refractivity contribution is 6.35. The molecule has 128 valence electrons. The first kappa shape index (κ1) is 18.7. The second-order valence-corrected chi connectivity index (χ2v) is 6.85. The van der Waals surface area contributed by atoms with Crippen molar-refractivity contribution >= 4 is 34.8 Å². The van der Waals surface area contributed by atoms with Gasteiger partial charge in [0.25, 0.3) is 0 Å². The fourth-order valence-corrected chi connectivity index (χ4v) is 2.88. The van der Waals surface area contributed by atoms with E-state index in [-0.39, 0.29) is 24.0 Å². The number of ether oxygens (including phenoxy) is 1. The molecule has 2 aromatic carbocycles. The van der Waals surface area contributed by atoms with E-state index in [1.54, 1.807) is 12.5 Å². The molecule has 3 rings (SSSR count). The summed E-state index contributed by atoms with van der Waals surface area (Å²) in [6.07, 6.45) is 3.84. The maximum atomic E-state index is 6.30. The van der Waals surface area contributed by atoms with Crippen molar-refractivity contribution in [2.24, 2.45) is 5.73 Å². The Morgan fingerprint density at radius 1 is 1.12 bits per heavy atom. The van der Waals surface area contributed by atoms with Crippen LogP contribution in [0, 0.1) is 0 Å². The molecule has 0 aliphatic rings. The Labute approximate surface area is 153 Å². The lowest BCUT2D eigenvalue weighted by atomic mass is 9.95. The summed E-state index contributed by atoms with van der Waals surface area (Å²) in [7, 11) is 0. The molecule has 3 aromatic rings. The van der Waals surface area contributed by atoms with Gasteiger partial charge in [0.05, 0.1) is 12.5 Å². The predicted octanol–water partition coefficient (Wildman–Crippen LogP) is 5.76. The van der Waals surface area contributed by atoms with Crippen molar-refractivity contribution in [2.45, 2.75) is 31.9 Å². The SMILES string of the molecule is CC(C)(N)CC(Oc1ccc(Cl)c2ccccc12)c1ccoc1.Cl. The average molecular weight is 366 g/mol. The van der Waals surface area contributed by atoms with Gasteiger partial charge < -0.3 is 14.9 Å². The van der Waals surface area contributed by atoms with Crippen LogP contribution in [0.5, 0.6) is 5.75 Å². The topological polar surface area (TPSA) is 48.4 Å². The quantitative estimate of drug-likeness (QED) is 0.625. The molecule has 0 saturated carbocycles.